The van der Waals surface area contributed by atoms with Gasteiger partial charge in [-0.1, -0.05) is 30.3 Å². The lowest BCUT2D eigenvalue weighted by atomic mass is 10.1. The molecular formula is C17H21N3O3. The normalized spacial score (nSPS) is 18.7. The average molecular weight is 315 g/mol. The Morgan fingerprint density at radius 2 is 2.26 bits per heavy atom. The zero-order valence-electron chi connectivity index (χ0n) is 12.9. The molecule has 1 aliphatic heterocycles. The summed E-state index contributed by atoms with van der Waals surface area (Å²) >= 11 is 0. The third kappa shape index (κ3) is 3.97. The number of benzene rings is 1. The molecule has 23 heavy (non-hydrogen) atoms. The number of imidazole rings is 1. The van der Waals surface area contributed by atoms with Crippen LogP contribution in [0.15, 0.2) is 42.7 Å². The maximum absolute atomic E-state index is 12.1. The molecule has 6 nitrogen and oxygen atoms in total. The van der Waals surface area contributed by atoms with Crippen LogP contribution in [-0.2, 0) is 16.1 Å². The smallest absolute Gasteiger partial charge is 0.240 e. The number of ether oxygens (including phenoxy) is 1. The molecule has 2 atom stereocenters. The van der Waals surface area contributed by atoms with Crippen LogP contribution in [0.4, 0.5) is 0 Å². The Bertz CT molecular complexity index is 636. The van der Waals surface area contributed by atoms with Gasteiger partial charge in [0.1, 0.15) is 18.5 Å². The van der Waals surface area contributed by atoms with Crippen molar-refractivity contribution in [2.45, 2.75) is 31.6 Å². The molecule has 1 saturated heterocycles. The van der Waals surface area contributed by atoms with Crippen LogP contribution < -0.4 is 5.32 Å². The van der Waals surface area contributed by atoms with Crippen LogP contribution in [0.3, 0.4) is 0 Å². The molecule has 1 aromatic heterocycles. The Morgan fingerprint density at radius 3 is 3.00 bits per heavy atom. The van der Waals surface area contributed by atoms with Gasteiger partial charge in [0, 0.05) is 25.5 Å². The number of aliphatic hydroxyl groups is 1. The maximum Gasteiger partial charge on any atom is 0.240 e. The van der Waals surface area contributed by atoms with Crippen LogP contribution in [0.1, 0.15) is 30.3 Å². The Balaban J connectivity index is 1.60. The number of nitrogens with zero attached hydrogens (tertiary/aromatic N) is 2. The van der Waals surface area contributed by atoms with E-state index in [0.29, 0.717) is 12.4 Å². The molecule has 1 fully saturated rings. The van der Waals surface area contributed by atoms with Gasteiger partial charge >= 0.3 is 0 Å². The SMILES string of the molecule is O=C(Cn1ccnc1[C@H](O)c1ccccc1)NC[C@@H]1CCCO1. The summed E-state index contributed by atoms with van der Waals surface area (Å²) in [7, 11) is 0. The highest BCUT2D eigenvalue weighted by Gasteiger charge is 2.19. The lowest BCUT2D eigenvalue weighted by Crippen LogP contribution is -2.34. The standard InChI is InChI=1S/C17H21N3O3/c21-15(19-11-14-7-4-10-23-14)12-20-9-8-18-17(20)16(22)13-5-2-1-3-6-13/h1-3,5-6,8-9,14,16,22H,4,7,10-12H2,(H,19,21)/t14-,16+/m0/s1. The summed E-state index contributed by atoms with van der Waals surface area (Å²) in [4.78, 5) is 16.3. The van der Waals surface area contributed by atoms with Crippen LogP contribution >= 0.6 is 0 Å². The van der Waals surface area contributed by atoms with Crippen molar-refractivity contribution < 1.29 is 14.6 Å². The minimum Gasteiger partial charge on any atom is -0.380 e. The maximum atomic E-state index is 12.1. The Hall–Kier alpha value is -2.18. The lowest BCUT2D eigenvalue weighted by Gasteiger charge is -2.15. The van der Waals surface area contributed by atoms with Gasteiger partial charge in [0.25, 0.3) is 0 Å². The third-order valence-corrected chi connectivity index (χ3v) is 3.97. The summed E-state index contributed by atoms with van der Waals surface area (Å²) in [6, 6.07) is 9.28. The molecule has 0 aliphatic carbocycles. The molecule has 3 rings (SSSR count). The number of amides is 1. The second kappa shape index (κ2) is 7.39. The van der Waals surface area contributed by atoms with Gasteiger partial charge in [-0.05, 0) is 18.4 Å². The first kappa shape index (κ1) is 15.7. The van der Waals surface area contributed by atoms with Crippen LogP contribution in [0.2, 0.25) is 0 Å². The monoisotopic (exact) mass is 315 g/mol. The van der Waals surface area contributed by atoms with Crippen LogP contribution in [0.25, 0.3) is 0 Å². The van der Waals surface area contributed by atoms with Gasteiger partial charge in [-0.3, -0.25) is 4.79 Å². The van der Waals surface area contributed by atoms with E-state index in [1.54, 1.807) is 17.0 Å². The molecular weight excluding hydrogens is 294 g/mol. The fourth-order valence-corrected chi connectivity index (χ4v) is 2.73. The van der Waals surface area contributed by atoms with Gasteiger partial charge in [-0.25, -0.2) is 4.98 Å². The fourth-order valence-electron chi connectivity index (χ4n) is 2.73. The van der Waals surface area contributed by atoms with Gasteiger partial charge in [-0.2, -0.15) is 0 Å². The van der Waals surface area contributed by atoms with E-state index in [0.717, 1.165) is 25.0 Å². The molecule has 1 aliphatic rings. The largest absolute Gasteiger partial charge is 0.380 e. The predicted octanol–water partition coefficient (Wildman–Crippen LogP) is 1.26. The van der Waals surface area contributed by atoms with Crippen molar-refractivity contribution in [3.05, 3.63) is 54.1 Å². The van der Waals surface area contributed by atoms with Crippen molar-refractivity contribution in [3.63, 3.8) is 0 Å². The van der Waals surface area contributed by atoms with Crippen molar-refractivity contribution in [2.24, 2.45) is 0 Å². The molecule has 2 N–H and O–H groups in total. The summed E-state index contributed by atoms with van der Waals surface area (Å²) in [6.07, 6.45) is 4.61. The molecule has 0 saturated carbocycles. The fraction of sp³-hybridized carbons (Fsp3) is 0.412. The molecule has 6 heteroatoms. The van der Waals surface area contributed by atoms with E-state index in [2.05, 4.69) is 10.3 Å². The van der Waals surface area contributed by atoms with Gasteiger partial charge < -0.3 is 19.7 Å². The van der Waals surface area contributed by atoms with E-state index in [1.165, 1.54) is 0 Å². The van der Waals surface area contributed by atoms with Gasteiger partial charge in [0.05, 0.1) is 6.10 Å². The first-order valence-corrected chi connectivity index (χ1v) is 7.86. The highest BCUT2D eigenvalue weighted by atomic mass is 16.5. The number of nitrogens with one attached hydrogen (secondary N) is 1. The van der Waals surface area contributed by atoms with Crippen molar-refractivity contribution in [3.8, 4) is 0 Å². The first-order chi connectivity index (χ1) is 11.2. The number of rotatable bonds is 6. The lowest BCUT2D eigenvalue weighted by molar-refractivity contribution is -0.122. The second-order valence-corrected chi connectivity index (χ2v) is 5.67. The number of aliphatic hydroxyl groups excluding tert-OH is 1. The van der Waals surface area contributed by atoms with Crippen molar-refractivity contribution in [1.29, 1.82) is 0 Å². The zero-order valence-corrected chi connectivity index (χ0v) is 12.9. The molecule has 0 bridgehead atoms. The Kier molecular flexibility index (Phi) is 5.05. The van der Waals surface area contributed by atoms with E-state index in [9.17, 15) is 9.90 Å². The van der Waals surface area contributed by atoms with Gasteiger partial charge in [-0.15, -0.1) is 0 Å². The number of hydrogen-bond donors (Lipinski definition) is 2. The average Bonchev–Trinajstić information content (AvgIpc) is 3.25. The number of hydrogen-bond acceptors (Lipinski definition) is 4. The highest BCUT2D eigenvalue weighted by Crippen LogP contribution is 2.20. The number of aromatic nitrogens is 2. The summed E-state index contributed by atoms with van der Waals surface area (Å²) < 4.78 is 7.15. The first-order valence-electron chi connectivity index (χ1n) is 7.86. The minimum atomic E-state index is -0.850. The van der Waals surface area contributed by atoms with Crippen molar-refractivity contribution in [2.75, 3.05) is 13.2 Å². The molecule has 0 unspecified atom stereocenters. The van der Waals surface area contributed by atoms with Crippen molar-refractivity contribution in [1.82, 2.24) is 14.9 Å². The highest BCUT2D eigenvalue weighted by molar-refractivity contribution is 5.75. The topological polar surface area (TPSA) is 76.4 Å². The van der Waals surface area contributed by atoms with E-state index < -0.39 is 6.10 Å². The van der Waals surface area contributed by atoms with Crippen LogP contribution in [-0.4, -0.2) is 39.8 Å². The van der Waals surface area contributed by atoms with E-state index in [-0.39, 0.29) is 18.6 Å². The number of carbonyl (C=O) groups is 1. The summed E-state index contributed by atoms with van der Waals surface area (Å²) in [6.45, 7) is 1.44. The summed E-state index contributed by atoms with van der Waals surface area (Å²) in [5, 5.41) is 13.3. The summed E-state index contributed by atoms with van der Waals surface area (Å²) in [5.41, 5.74) is 0.750. The van der Waals surface area contributed by atoms with E-state index in [4.69, 9.17) is 4.74 Å². The molecule has 0 radical (unpaired) electrons. The molecule has 2 aromatic rings. The van der Waals surface area contributed by atoms with E-state index in [1.807, 2.05) is 30.3 Å². The molecule has 122 valence electrons. The predicted molar refractivity (Wildman–Crippen MR) is 84.7 cm³/mol. The number of carbonyl (C=O) groups excluding carboxylic acids is 1. The molecule has 2 heterocycles. The van der Waals surface area contributed by atoms with Gasteiger partial charge in [0.15, 0.2) is 0 Å². The quantitative estimate of drug-likeness (QED) is 0.841. The molecule has 0 spiro atoms. The van der Waals surface area contributed by atoms with E-state index >= 15 is 0 Å². The molecule has 1 aromatic carbocycles. The van der Waals surface area contributed by atoms with Crippen LogP contribution in [0.5, 0.6) is 0 Å². The second-order valence-electron chi connectivity index (χ2n) is 5.67. The Labute approximate surface area is 135 Å². The zero-order chi connectivity index (χ0) is 16.1. The van der Waals surface area contributed by atoms with Crippen LogP contribution in [0, 0.1) is 0 Å². The molecule has 1 amide bonds. The van der Waals surface area contributed by atoms with Crippen molar-refractivity contribution >= 4 is 5.91 Å². The van der Waals surface area contributed by atoms with Gasteiger partial charge in [0.2, 0.25) is 5.91 Å². The summed E-state index contributed by atoms with van der Waals surface area (Å²) in [5.74, 6) is 0.350. The Morgan fingerprint density at radius 1 is 1.43 bits per heavy atom. The minimum absolute atomic E-state index is 0.111. The third-order valence-electron chi connectivity index (χ3n) is 3.97.